The molecule has 2 aliphatic carbocycles. The fourth-order valence-corrected chi connectivity index (χ4v) is 8.36. The Bertz CT molecular complexity index is 1840. The number of fused-ring (bicyclic) bond motifs is 4. The number of Topliss-reactive ketones (excluding diaryl/α,β-unsaturated/α-hetero) is 1. The van der Waals surface area contributed by atoms with Crippen LogP contribution in [0.2, 0.25) is 0 Å². The van der Waals surface area contributed by atoms with Crippen molar-refractivity contribution in [2.24, 2.45) is 17.8 Å². The number of carbonyl (C=O) groups excluding carboxylic acids is 5. The molecular weight excluding hydrogens is 626 g/mol. The van der Waals surface area contributed by atoms with Crippen LogP contribution in [-0.4, -0.2) is 44.3 Å². The molecule has 3 aromatic rings. The van der Waals surface area contributed by atoms with Gasteiger partial charge in [-0.25, -0.2) is 9.29 Å². The fourth-order valence-electron chi connectivity index (χ4n) is 7.45. The first-order valence-corrected chi connectivity index (χ1v) is 15.1. The van der Waals surface area contributed by atoms with Crippen LogP contribution in [0.25, 0.3) is 0 Å². The first-order chi connectivity index (χ1) is 21.4. The largest absolute Gasteiger partial charge is 0.463 e. The third-order valence-corrected chi connectivity index (χ3v) is 11.0. The number of hydrogen-bond donors (Lipinski definition) is 1. The molecule has 2 saturated heterocycles. The molecule has 12 heteroatoms. The maximum absolute atomic E-state index is 14.3. The van der Waals surface area contributed by atoms with Crippen LogP contribution in [0.5, 0.6) is 0 Å². The molecule has 7 rings (SSSR count). The summed E-state index contributed by atoms with van der Waals surface area (Å²) in [4.78, 5) is 65.8. The highest BCUT2D eigenvalue weighted by molar-refractivity contribution is 6.58. The summed E-state index contributed by atoms with van der Waals surface area (Å²) >= 11 is 14.5. The summed E-state index contributed by atoms with van der Waals surface area (Å²) in [7, 11) is 0. The number of furan rings is 1. The average molecular weight is 651 g/mol. The van der Waals surface area contributed by atoms with Crippen LogP contribution in [0.1, 0.15) is 47.6 Å². The molecule has 230 valence electrons. The van der Waals surface area contributed by atoms with Gasteiger partial charge in [0.2, 0.25) is 11.8 Å². The summed E-state index contributed by atoms with van der Waals surface area (Å²) in [5.41, 5.74) is 1.32. The number of ketones is 1. The number of alkyl halides is 2. The van der Waals surface area contributed by atoms with E-state index in [0.29, 0.717) is 16.8 Å². The second kappa shape index (κ2) is 10.2. The maximum atomic E-state index is 14.3. The van der Waals surface area contributed by atoms with Gasteiger partial charge in [0.1, 0.15) is 23.9 Å². The molecule has 0 spiro atoms. The summed E-state index contributed by atoms with van der Waals surface area (Å²) in [6, 6.07) is 13.9. The van der Waals surface area contributed by atoms with Gasteiger partial charge >= 0.3 is 0 Å². The highest BCUT2D eigenvalue weighted by Crippen LogP contribution is 2.66. The molecule has 1 aromatic heterocycles. The van der Waals surface area contributed by atoms with Crippen LogP contribution in [-0.2, 0) is 25.8 Å². The third-order valence-electron chi connectivity index (χ3n) is 9.55. The van der Waals surface area contributed by atoms with Gasteiger partial charge in [-0.2, -0.15) is 0 Å². The number of allylic oxidation sites excluding steroid dienone is 2. The van der Waals surface area contributed by atoms with Gasteiger partial charge < -0.3 is 9.52 Å². The van der Waals surface area contributed by atoms with Crippen molar-refractivity contribution in [3.8, 4) is 0 Å². The fraction of sp³-hybridized carbons (Fsp3) is 0.303. The molecule has 3 heterocycles. The Morgan fingerprint density at radius 3 is 2.18 bits per heavy atom. The lowest BCUT2D eigenvalue weighted by Gasteiger charge is -2.49. The Morgan fingerprint density at radius 1 is 0.911 bits per heavy atom. The van der Waals surface area contributed by atoms with E-state index < -0.39 is 69.5 Å². The van der Waals surface area contributed by atoms with E-state index in [2.05, 4.69) is 0 Å². The minimum atomic E-state index is -2.13. The predicted octanol–water partition coefficient (Wildman–Crippen LogP) is 4.88. The summed E-state index contributed by atoms with van der Waals surface area (Å²) in [6.07, 6.45) is 1.68. The van der Waals surface area contributed by atoms with E-state index in [9.17, 15) is 33.5 Å². The molecule has 1 saturated carbocycles. The number of carbonyl (C=O) groups is 5. The van der Waals surface area contributed by atoms with E-state index in [1.165, 1.54) is 43.3 Å². The second-order valence-electron chi connectivity index (χ2n) is 11.8. The number of aliphatic hydroxyl groups is 1. The van der Waals surface area contributed by atoms with Crippen molar-refractivity contribution in [2.45, 2.75) is 42.0 Å². The molecule has 1 N–H and O–H groups in total. The zero-order valence-electron chi connectivity index (χ0n) is 23.7. The summed E-state index contributed by atoms with van der Waals surface area (Å²) in [5.74, 6) is -6.66. The lowest BCUT2D eigenvalue weighted by Crippen LogP contribution is -2.60. The van der Waals surface area contributed by atoms with Crippen LogP contribution in [0.3, 0.4) is 0 Å². The van der Waals surface area contributed by atoms with Gasteiger partial charge in [0.25, 0.3) is 11.8 Å². The van der Waals surface area contributed by atoms with Crippen LogP contribution >= 0.6 is 23.2 Å². The molecule has 9 nitrogen and oxygen atoms in total. The van der Waals surface area contributed by atoms with Crippen molar-refractivity contribution >= 4 is 64.0 Å². The standard InChI is InChI=1S/C33H25Cl2FN2O7/c1-16(40)17-2-6-19(7-3-17)37-28(41)23-12-11-22-24(26(23)29(37)42)14-32(34)30(43)38(20-8-4-18(36)5-9-20)31(44)33(32,35)27(22)25-13-10-21(15-39)45-25/h2-11,13,23-24,26-27,39H,12,14-15H2,1H3/t23-,24+,26-,27+,32+,33-/m0/s1. The predicted molar refractivity (Wildman–Crippen MR) is 160 cm³/mol. The van der Waals surface area contributed by atoms with E-state index in [4.69, 9.17) is 27.6 Å². The van der Waals surface area contributed by atoms with Crippen molar-refractivity contribution in [3.63, 3.8) is 0 Å². The summed E-state index contributed by atoms with van der Waals surface area (Å²) in [6.45, 7) is 0.969. The van der Waals surface area contributed by atoms with Crippen molar-refractivity contribution in [1.82, 2.24) is 0 Å². The van der Waals surface area contributed by atoms with E-state index in [1.807, 2.05) is 0 Å². The monoisotopic (exact) mass is 650 g/mol. The van der Waals surface area contributed by atoms with E-state index in [-0.39, 0.29) is 35.8 Å². The van der Waals surface area contributed by atoms with Gasteiger partial charge in [-0.3, -0.25) is 28.9 Å². The van der Waals surface area contributed by atoms with Gasteiger partial charge in [-0.15, -0.1) is 23.2 Å². The molecule has 0 unspecified atom stereocenters. The van der Waals surface area contributed by atoms with Gasteiger partial charge in [0.15, 0.2) is 15.5 Å². The third kappa shape index (κ3) is 3.98. The molecule has 6 atom stereocenters. The molecule has 4 aliphatic rings. The Kier molecular flexibility index (Phi) is 6.71. The average Bonchev–Trinajstić information content (AvgIpc) is 3.64. The molecule has 3 fully saturated rings. The highest BCUT2D eigenvalue weighted by atomic mass is 35.5. The Morgan fingerprint density at radius 2 is 1.56 bits per heavy atom. The van der Waals surface area contributed by atoms with Crippen molar-refractivity contribution < 1.29 is 37.9 Å². The quantitative estimate of drug-likeness (QED) is 0.181. The Balaban J connectivity index is 1.35. The zero-order valence-corrected chi connectivity index (χ0v) is 25.2. The van der Waals surface area contributed by atoms with Gasteiger partial charge in [0.05, 0.1) is 29.1 Å². The van der Waals surface area contributed by atoms with Gasteiger partial charge in [-0.1, -0.05) is 11.6 Å². The lowest BCUT2D eigenvalue weighted by atomic mass is 9.57. The minimum Gasteiger partial charge on any atom is -0.463 e. The van der Waals surface area contributed by atoms with Crippen LogP contribution in [0.4, 0.5) is 15.8 Å². The zero-order chi connectivity index (χ0) is 32.0. The number of rotatable bonds is 5. The number of halogens is 3. The first kappa shape index (κ1) is 29.6. The van der Waals surface area contributed by atoms with Crippen molar-refractivity contribution in [3.05, 3.63) is 95.2 Å². The Hall–Kier alpha value is -4.12. The SMILES string of the molecule is CC(=O)c1ccc(N2C(=O)[C@H]3[C@H](CC=C4[C@H]3C[C@@]3(Cl)C(=O)N(c5ccc(F)cc5)C(=O)[C@@]3(Cl)[C@H]4c3ccc(CO)o3)C2=O)cc1. The van der Waals surface area contributed by atoms with Crippen molar-refractivity contribution in [2.75, 3.05) is 9.80 Å². The normalized spacial score (nSPS) is 30.7. The lowest BCUT2D eigenvalue weighted by molar-refractivity contribution is -0.125. The highest BCUT2D eigenvalue weighted by Gasteiger charge is 2.77. The molecule has 45 heavy (non-hydrogen) atoms. The number of hydrogen-bond acceptors (Lipinski definition) is 7. The van der Waals surface area contributed by atoms with Crippen LogP contribution in [0, 0.1) is 23.6 Å². The molecule has 2 aliphatic heterocycles. The van der Waals surface area contributed by atoms with E-state index in [0.717, 1.165) is 21.9 Å². The number of anilines is 2. The van der Waals surface area contributed by atoms with Crippen molar-refractivity contribution in [1.29, 1.82) is 0 Å². The summed E-state index contributed by atoms with van der Waals surface area (Å²) in [5, 5.41) is 9.73. The Labute approximate surface area is 266 Å². The van der Waals surface area contributed by atoms with E-state index in [1.54, 1.807) is 18.2 Å². The summed E-state index contributed by atoms with van der Waals surface area (Å²) < 4.78 is 19.7. The number of amides is 4. The first-order valence-electron chi connectivity index (χ1n) is 14.3. The molecule has 2 aromatic carbocycles. The maximum Gasteiger partial charge on any atom is 0.258 e. The number of benzene rings is 2. The van der Waals surface area contributed by atoms with Gasteiger partial charge in [-0.05, 0) is 86.3 Å². The number of nitrogens with zero attached hydrogens (tertiary/aromatic N) is 2. The number of imide groups is 2. The van der Waals surface area contributed by atoms with E-state index >= 15 is 0 Å². The molecular formula is C33H25Cl2FN2O7. The van der Waals surface area contributed by atoms with Crippen LogP contribution < -0.4 is 9.80 Å². The molecule has 0 bridgehead atoms. The molecule has 4 amide bonds. The second-order valence-corrected chi connectivity index (χ2v) is 13.1. The van der Waals surface area contributed by atoms with Gasteiger partial charge in [0, 0.05) is 5.56 Å². The van der Waals surface area contributed by atoms with Crippen LogP contribution in [0.15, 0.2) is 76.7 Å². The minimum absolute atomic E-state index is 0.0669. The number of aliphatic hydroxyl groups excluding tert-OH is 1. The smallest absolute Gasteiger partial charge is 0.258 e. The molecule has 0 radical (unpaired) electrons. The topological polar surface area (TPSA) is 125 Å².